The third-order valence-corrected chi connectivity index (χ3v) is 6.61. The molecule has 2 aromatic rings. The maximum atomic E-state index is 12.8. The summed E-state index contributed by atoms with van der Waals surface area (Å²) in [6.45, 7) is 4.72. The minimum Gasteiger partial charge on any atom is -0.469 e. The number of thiazole rings is 1. The molecular weight excluding hydrogens is 338 g/mol. The zero-order valence-electron chi connectivity index (χ0n) is 14.8. The average molecular weight is 361 g/mol. The summed E-state index contributed by atoms with van der Waals surface area (Å²) in [4.78, 5) is 19.7. The van der Waals surface area contributed by atoms with E-state index in [-0.39, 0.29) is 12.0 Å². The van der Waals surface area contributed by atoms with Gasteiger partial charge < -0.3 is 9.26 Å². The number of aryl methyl sites for hydroxylation is 2. The minimum absolute atomic E-state index is 0.100. The van der Waals surface area contributed by atoms with Crippen molar-refractivity contribution in [2.45, 2.75) is 58.2 Å². The summed E-state index contributed by atoms with van der Waals surface area (Å²) < 4.78 is 10.6. The maximum absolute atomic E-state index is 12.8. The van der Waals surface area contributed by atoms with Gasteiger partial charge in [-0.2, -0.15) is 0 Å². The lowest BCUT2D eigenvalue weighted by atomic mass is 9.71. The standard InChI is InChI=1S/C18H23N3O3S/c1-11-15(12(2)24-20-11)8-21-14-4-5-16(21)18(7-14,17(22)23-3)6-13-9-25-10-19-13/h9-10,14,16H,4-8H2,1-3H3/t14-,16+,18+/m1/s1. The van der Waals surface area contributed by atoms with Crippen molar-refractivity contribution in [3.8, 4) is 0 Å². The van der Waals surface area contributed by atoms with Gasteiger partial charge in [0.05, 0.1) is 29.4 Å². The number of ether oxygens (including phenoxy) is 1. The zero-order valence-corrected chi connectivity index (χ0v) is 15.6. The highest BCUT2D eigenvalue weighted by atomic mass is 32.1. The summed E-state index contributed by atoms with van der Waals surface area (Å²) in [5.74, 6) is 0.767. The molecule has 4 rings (SSSR count). The fourth-order valence-electron chi connectivity index (χ4n) is 4.79. The van der Waals surface area contributed by atoms with Crippen LogP contribution in [0.2, 0.25) is 0 Å². The molecule has 0 saturated carbocycles. The second-order valence-electron chi connectivity index (χ2n) is 7.23. The number of esters is 1. The van der Waals surface area contributed by atoms with E-state index in [9.17, 15) is 4.79 Å². The lowest BCUT2D eigenvalue weighted by Gasteiger charge is -2.34. The van der Waals surface area contributed by atoms with Gasteiger partial charge in [0.25, 0.3) is 0 Å². The van der Waals surface area contributed by atoms with Gasteiger partial charge >= 0.3 is 5.97 Å². The van der Waals surface area contributed by atoms with E-state index in [1.54, 1.807) is 11.3 Å². The van der Waals surface area contributed by atoms with Crippen LogP contribution in [0.5, 0.6) is 0 Å². The van der Waals surface area contributed by atoms with E-state index in [4.69, 9.17) is 9.26 Å². The number of hydrogen-bond donors (Lipinski definition) is 0. The number of fused-ring (bicyclic) bond motifs is 2. The summed E-state index contributed by atoms with van der Waals surface area (Å²) in [7, 11) is 1.50. The molecule has 2 saturated heterocycles. The van der Waals surface area contributed by atoms with Crippen molar-refractivity contribution < 1.29 is 14.1 Å². The molecule has 4 heterocycles. The molecule has 2 aromatic heterocycles. The lowest BCUT2D eigenvalue weighted by Crippen LogP contribution is -2.45. The molecule has 2 fully saturated rings. The SMILES string of the molecule is COC(=O)[C@@]1(Cc2cscn2)C[C@H]2CC[C@@H]1N2Cc1c(C)noc1C. The second kappa shape index (κ2) is 6.21. The van der Waals surface area contributed by atoms with Crippen LogP contribution in [0.3, 0.4) is 0 Å². The fourth-order valence-corrected chi connectivity index (χ4v) is 5.35. The van der Waals surface area contributed by atoms with Gasteiger partial charge in [-0.15, -0.1) is 11.3 Å². The van der Waals surface area contributed by atoms with E-state index >= 15 is 0 Å². The van der Waals surface area contributed by atoms with Crippen LogP contribution in [0.1, 0.15) is 42.0 Å². The molecule has 0 aromatic carbocycles. The van der Waals surface area contributed by atoms with E-state index in [0.717, 1.165) is 48.5 Å². The Morgan fingerprint density at radius 1 is 1.48 bits per heavy atom. The Morgan fingerprint density at radius 3 is 2.96 bits per heavy atom. The van der Waals surface area contributed by atoms with Crippen molar-refractivity contribution in [3.05, 3.63) is 33.6 Å². The lowest BCUT2D eigenvalue weighted by molar-refractivity contribution is -0.155. The smallest absolute Gasteiger partial charge is 0.313 e. The molecular formula is C18H23N3O3S. The first-order chi connectivity index (χ1) is 12.0. The van der Waals surface area contributed by atoms with Crippen LogP contribution < -0.4 is 0 Å². The molecule has 0 unspecified atom stereocenters. The first kappa shape index (κ1) is 16.7. The molecule has 0 N–H and O–H groups in total. The van der Waals surface area contributed by atoms with Gasteiger partial charge in [-0.1, -0.05) is 5.16 Å². The van der Waals surface area contributed by atoms with Crippen molar-refractivity contribution in [3.63, 3.8) is 0 Å². The van der Waals surface area contributed by atoms with Crippen LogP contribution in [-0.2, 0) is 22.5 Å². The predicted molar refractivity (Wildman–Crippen MR) is 93.2 cm³/mol. The Hall–Kier alpha value is -1.73. The number of rotatable bonds is 5. The van der Waals surface area contributed by atoms with Gasteiger partial charge in [-0.3, -0.25) is 9.69 Å². The van der Waals surface area contributed by atoms with Gasteiger partial charge in [0.1, 0.15) is 5.76 Å². The van der Waals surface area contributed by atoms with Crippen LogP contribution in [0.25, 0.3) is 0 Å². The largest absolute Gasteiger partial charge is 0.469 e. The van der Waals surface area contributed by atoms with Gasteiger partial charge in [-0.05, 0) is 33.1 Å². The van der Waals surface area contributed by atoms with Crippen LogP contribution in [-0.4, -0.2) is 40.2 Å². The molecule has 2 bridgehead atoms. The number of aromatic nitrogens is 2. The Kier molecular flexibility index (Phi) is 4.16. The summed E-state index contributed by atoms with van der Waals surface area (Å²) in [6, 6.07) is 0.580. The summed E-state index contributed by atoms with van der Waals surface area (Å²) in [6.07, 6.45) is 3.64. The molecule has 2 aliphatic rings. The number of nitrogens with zero attached hydrogens (tertiary/aromatic N) is 3. The topological polar surface area (TPSA) is 68.5 Å². The highest BCUT2D eigenvalue weighted by Crippen LogP contribution is 2.52. The van der Waals surface area contributed by atoms with Crippen LogP contribution in [0.15, 0.2) is 15.4 Å². The fraction of sp³-hybridized carbons (Fsp3) is 0.611. The molecule has 3 atom stereocenters. The van der Waals surface area contributed by atoms with Crippen LogP contribution in [0.4, 0.5) is 0 Å². The molecule has 6 nitrogen and oxygen atoms in total. The highest BCUT2D eigenvalue weighted by molar-refractivity contribution is 7.07. The maximum Gasteiger partial charge on any atom is 0.313 e. The molecule has 7 heteroatoms. The molecule has 25 heavy (non-hydrogen) atoms. The van der Waals surface area contributed by atoms with Crippen LogP contribution in [0, 0.1) is 19.3 Å². The summed E-state index contributed by atoms with van der Waals surface area (Å²) in [5, 5.41) is 6.11. The van der Waals surface area contributed by atoms with Crippen molar-refractivity contribution in [1.82, 2.24) is 15.0 Å². The average Bonchev–Trinajstić information content (AvgIpc) is 3.37. The number of carbonyl (C=O) groups excluding carboxylic acids is 1. The van der Waals surface area contributed by atoms with E-state index < -0.39 is 5.41 Å². The minimum atomic E-state index is -0.495. The first-order valence-electron chi connectivity index (χ1n) is 8.68. The van der Waals surface area contributed by atoms with Gasteiger partial charge in [-0.25, -0.2) is 4.98 Å². The number of carbonyl (C=O) groups is 1. The first-order valence-corrected chi connectivity index (χ1v) is 9.62. The Balaban J connectivity index is 1.65. The molecule has 0 aliphatic carbocycles. The molecule has 2 aliphatic heterocycles. The summed E-state index contributed by atoms with van der Waals surface area (Å²) in [5.41, 5.74) is 4.40. The quantitative estimate of drug-likeness (QED) is 0.763. The van der Waals surface area contributed by atoms with E-state index in [1.807, 2.05) is 24.7 Å². The number of hydrogen-bond acceptors (Lipinski definition) is 7. The molecule has 0 spiro atoms. The molecule has 134 valence electrons. The monoisotopic (exact) mass is 361 g/mol. The van der Waals surface area contributed by atoms with Crippen molar-refractivity contribution in [2.75, 3.05) is 7.11 Å². The van der Waals surface area contributed by atoms with E-state index in [2.05, 4.69) is 15.0 Å². The van der Waals surface area contributed by atoms with E-state index in [1.165, 1.54) is 7.11 Å². The Morgan fingerprint density at radius 2 is 2.32 bits per heavy atom. The van der Waals surface area contributed by atoms with Crippen molar-refractivity contribution in [1.29, 1.82) is 0 Å². The van der Waals surface area contributed by atoms with Crippen molar-refractivity contribution >= 4 is 17.3 Å². The molecule has 0 radical (unpaired) electrons. The summed E-state index contributed by atoms with van der Waals surface area (Å²) >= 11 is 1.57. The third kappa shape index (κ3) is 2.60. The Bertz CT molecular complexity index is 753. The van der Waals surface area contributed by atoms with Crippen LogP contribution >= 0.6 is 11.3 Å². The third-order valence-electron chi connectivity index (χ3n) is 5.97. The Labute approximate surface area is 151 Å². The van der Waals surface area contributed by atoms with Crippen molar-refractivity contribution in [2.24, 2.45) is 5.41 Å². The normalized spacial score (nSPS) is 28.6. The van der Waals surface area contributed by atoms with Gasteiger partial charge in [0, 0.05) is 36.0 Å². The zero-order chi connectivity index (χ0) is 17.6. The second-order valence-corrected chi connectivity index (χ2v) is 7.95. The predicted octanol–water partition coefficient (Wildman–Crippen LogP) is 2.89. The van der Waals surface area contributed by atoms with E-state index in [0.29, 0.717) is 12.5 Å². The van der Waals surface area contributed by atoms with Gasteiger partial charge in [0.2, 0.25) is 0 Å². The van der Waals surface area contributed by atoms with Gasteiger partial charge in [0.15, 0.2) is 0 Å². The molecule has 0 amide bonds. The highest BCUT2D eigenvalue weighted by Gasteiger charge is 2.60. The number of methoxy groups -OCH3 is 1.